The highest BCUT2D eigenvalue weighted by Crippen LogP contribution is 2.25. The number of rotatable bonds is 5. The van der Waals surface area contributed by atoms with E-state index in [1.54, 1.807) is 0 Å². The minimum absolute atomic E-state index is 0.0834. The van der Waals surface area contributed by atoms with Crippen molar-refractivity contribution >= 4 is 27.8 Å². The van der Waals surface area contributed by atoms with Crippen LogP contribution in [0.2, 0.25) is 0 Å². The molecule has 6 nitrogen and oxygen atoms in total. The van der Waals surface area contributed by atoms with Crippen LogP contribution in [0.25, 0.3) is 0 Å². The molecule has 2 N–H and O–H groups in total. The Hall–Kier alpha value is -2.28. The fourth-order valence-electron chi connectivity index (χ4n) is 1.96. The fraction of sp³-hybridized carbons (Fsp3) is 0.250. The van der Waals surface area contributed by atoms with Crippen molar-refractivity contribution in [3.8, 4) is 0 Å². The van der Waals surface area contributed by atoms with Gasteiger partial charge in [-0.2, -0.15) is 0 Å². The predicted octanol–water partition coefficient (Wildman–Crippen LogP) is 2.64. The molecule has 0 aliphatic rings. The minimum Gasteiger partial charge on any atom is -0.476 e. The molecule has 23 heavy (non-hydrogen) atoms. The number of nitrogens with one attached hydrogen (secondary N) is 1. The van der Waals surface area contributed by atoms with E-state index in [1.807, 2.05) is 38.1 Å². The van der Waals surface area contributed by atoms with Gasteiger partial charge in [0.05, 0.1) is 12.4 Å². The third-order valence-electron chi connectivity index (χ3n) is 3.40. The number of carboxylic acid groups (broad SMARTS) is 1. The average Bonchev–Trinajstić information content (AvgIpc) is 2.53. The highest BCUT2D eigenvalue weighted by atomic mass is 79.9. The van der Waals surface area contributed by atoms with Gasteiger partial charge in [0.15, 0.2) is 5.69 Å². The standard InChI is InChI=1S/C16H16BrN3O3/c1-16(2,10-4-3-5-11(17)6-10)9-20-14(21)12-7-19-13(8-18-12)15(22)23/h3-8H,9H2,1-2H3,(H,20,21)(H,22,23). The molecule has 1 aromatic carbocycles. The normalized spacial score (nSPS) is 11.1. The van der Waals surface area contributed by atoms with Crippen LogP contribution in [0.4, 0.5) is 0 Å². The number of halogens is 1. The quantitative estimate of drug-likeness (QED) is 0.835. The lowest BCUT2D eigenvalue weighted by Gasteiger charge is -2.25. The molecular formula is C16H16BrN3O3. The molecule has 0 saturated heterocycles. The third kappa shape index (κ3) is 4.35. The Kier molecular flexibility index (Phi) is 5.10. The first kappa shape index (κ1) is 17.1. The van der Waals surface area contributed by atoms with Crippen LogP contribution in [0.3, 0.4) is 0 Å². The minimum atomic E-state index is -1.18. The Morgan fingerprint density at radius 1 is 1.22 bits per heavy atom. The van der Waals surface area contributed by atoms with Crippen LogP contribution < -0.4 is 5.32 Å². The topological polar surface area (TPSA) is 92.2 Å². The van der Waals surface area contributed by atoms with Gasteiger partial charge in [0, 0.05) is 16.4 Å². The molecule has 7 heteroatoms. The summed E-state index contributed by atoms with van der Waals surface area (Å²) in [5.74, 6) is -1.57. The van der Waals surface area contributed by atoms with E-state index in [4.69, 9.17) is 5.11 Å². The highest BCUT2D eigenvalue weighted by molar-refractivity contribution is 9.10. The first-order valence-electron chi connectivity index (χ1n) is 6.89. The Balaban J connectivity index is 2.04. The lowest BCUT2D eigenvalue weighted by Crippen LogP contribution is -2.37. The Bertz CT molecular complexity index is 730. The van der Waals surface area contributed by atoms with E-state index >= 15 is 0 Å². The first-order chi connectivity index (χ1) is 10.8. The first-order valence-corrected chi connectivity index (χ1v) is 7.68. The van der Waals surface area contributed by atoms with Crippen molar-refractivity contribution in [3.63, 3.8) is 0 Å². The number of carbonyl (C=O) groups excluding carboxylic acids is 1. The van der Waals surface area contributed by atoms with Crippen molar-refractivity contribution in [2.24, 2.45) is 0 Å². The summed E-state index contributed by atoms with van der Waals surface area (Å²) < 4.78 is 0.976. The second-order valence-corrected chi connectivity index (χ2v) is 6.58. The van der Waals surface area contributed by atoms with E-state index in [2.05, 4.69) is 31.2 Å². The summed E-state index contributed by atoms with van der Waals surface area (Å²) in [6.07, 6.45) is 2.22. The van der Waals surface area contributed by atoms with Gasteiger partial charge in [0.2, 0.25) is 0 Å². The summed E-state index contributed by atoms with van der Waals surface area (Å²) in [4.78, 5) is 30.3. The van der Waals surface area contributed by atoms with E-state index < -0.39 is 11.9 Å². The lowest BCUT2D eigenvalue weighted by molar-refractivity contribution is 0.0689. The Labute approximate surface area is 142 Å². The zero-order valence-corrected chi connectivity index (χ0v) is 14.3. The van der Waals surface area contributed by atoms with Gasteiger partial charge in [-0.25, -0.2) is 14.8 Å². The van der Waals surface area contributed by atoms with Crippen molar-refractivity contribution in [3.05, 3.63) is 58.1 Å². The molecule has 0 radical (unpaired) electrons. The number of hydrogen-bond donors (Lipinski definition) is 2. The van der Waals surface area contributed by atoms with Gasteiger partial charge in [0.25, 0.3) is 5.91 Å². The third-order valence-corrected chi connectivity index (χ3v) is 3.89. The number of benzene rings is 1. The van der Waals surface area contributed by atoms with E-state index in [-0.39, 0.29) is 16.8 Å². The molecule has 0 spiro atoms. The van der Waals surface area contributed by atoms with E-state index in [1.165, 1.54) is 0 Å². The second-order valence-electron chi connectivity index (χ2n) is 5.67. The molecule has 0 bridgehead atoms. The summed E-state index contributed by atoms with van der Waals surface area (Å²) in [6, 6.07) is 7.89. The number of aromatic carboxylic acids is 1. The molecule has 1 heterocycles. The second kappa shape index (κ2) is 6.87. The molecule has 120 valence electrons. The monoisotopic (exact) mass is 377 g/mol. The summed E-state index contributed by atoms with van der Waals surface area (Å²) in [5, 5.41) is 11.6. The number of aromatic nitrogens is 2. The molecule has 0 aliphatic carbocycles. The molecule has 0 aliphatic heterocycles. The summed E-state index contributed by atoms with van der Waals surface area (Å²) in [7, 11) is 0. The highest BCUT2D eigenvalue weighted by Gasteiger charge is 2.22. The molecule has 2 rings (SSSR count). The van der Waals surface area contributed by atoms with Gasteiger partial charge in [0.1, 0.15) is 5.69 Å². The smallest absolute Gasteiger partial charge is 0.356 e. The van der Waals surface area contributed by atoms with Crippen molar-refractivity contribution in [2.45, 2.75) is 19.3 Å². The van der Waals surface area contributed by atoms with Crippen molar-refractivity contribution in [1.82, 2.24) is 15.3 Å². The molecule has 1 amide bonds. The van der Waals surface area contributed by atoms with Gasteiger partial charge in [-0.3, -0.25) is 4.79 Å². The molecule has 0 unspecified atom stereocenters. The van der Waals surface area contributed by atoms with Crippen molar-refractivity contribution in [1.29, 1.82) is 0 Å². The summed E-state index contributed by atoms with van der Waals surface area (Å²) >= 11 is 3.44. The summed E-state index contributed by atoms with van der Waals surface area (Å²) in [6.45, 7) is 4.45. The molecule has 0 saturated carbocycles. The maximum atomic E-state index is 12.1. The molecule has 0 atom stereocenters. The van der Waals surface area contributed by atoms with E-state index in [0.29, 0.717) is 6.54 Å². The van der Waals surface area contributed by atoms with Gasteiger partial charge in [-0.1, -0.05) is 41.9 Å². The van der Waals surface area contributed by atoms with Crippen LogP contribution in [0.15, 0.2) is 41.1 Å². The molecular weight excluding hydrogens is 362 g/mol. The fourth-order valence-corrected chi connectivity index (χ4v) is 2.36. The number of carbonyl (C=O) groups is 2. The maximum absolute atomic E-state index is 12.1. The Morgan fingerprint density at radius 3 is 2.43 bits per heavy atom. The van der Waals surface area contributed by atoms with Crippen LogP contribution in [-0.4, -0.2) is 33.5 Å². The summed E-state index contributed by atoms with van der Waals surface area (Å²) in [5.41, 5.74) is 0.698. The number of nitrogens with zero attached hydrogens (tertiary/aromatic N) is 2. The van der Waals surface area contributed by atoms with Crippen molar-refractivity contribution < 1.29 is 14.7 Å². The Morgan fingerprint density at radius 2 is 1.87 bits per heavy atom. The number of hydrogen-bond acceptors (Lipinski definition) is 4. The SMILES string of the molecule is CC(C)(CNC(=O)c1cnc(C(=O)O)cn1)c1cccc(Br)c1. The van der Waals surface area contributed by atoms with Gasteiger partial charge in [-0.15, -0.1) is 0 Å². The van der Waals surface area contributed by atoms with Crippen LogP contribution in [0, 0.1) is 0 Å². The van der Waals surface area contributed by atoms with Crippen LogP contribution in [0.1, 0.15) is 40.4 Å². The average molecular weight is 378 g/mol. The van der Waals surface area contributed by atoms with Crippen LogP contribution >= 0.6 is 15.9 Å². The van der Waals surface area contributed by atoms with Crippen LogP contribution in [-0.2, 0) is 5.41 Å². The van der Waals surface area contributed by atoms with E-state index in [9.17, 15) is 9.59 Å². The number of carboxylic acids is 1. The molecule has 0 fully saturated rings. The largest absolute Gasteiger partial charge is 0.476 e. The predicted molar refractivity (Wildman–Crippen MR) is 88.5 cm³/mol. The van der Waals surface area contributed by atoms with Crippen LogP contribution in [0.5, 0.6) is 0 Å². The molecule has 2 aromatic rings. The maximum Gasteiger partial charge on any atom is 0.356 e. The van der Waals surface area contributed by atoms with Gasteiger partial charge < -0.3 is 10.4 Å². The van der Waals surface area contributed by atoms with E-state index in [0.717, 1.165) is 22.4 Å². The van der Waals surface area contributed by atoms with Crippen molar-refractivity contribution in [2.75, 3.05) is 6.54 Å². The number of amides is 1. The zero-order valence-electron chi connectivity index (χ0n) is 12.7. The zero-order chi connectivity index (χ0) is 17.0. The molecule has 1 aromatic heterocycles. The lowest BCUT2D eigenvalue weighted by atomic mass is 9.84. The van der Waals surface area contributed by atoms with Gasteiger partial charge in [-0.05, 0) is 17.7 Å². The van der Waals surface area contributed by atoms with Gasteiger partial charge >= 0.3 is 5.97 Å².